The maximum absolute atomic E-state index is 13.1. The van der Waals surface area contributed by atoms with Crippen molar-refractivity contribution in [3.8, 4) is 11.5 Å². The monoisotopic (exact) mass is 472 g/mol. The second kappa shape index (κ2) is 10.8. The van der Waals surface area contributed by atoms with E-state index in [9.17, 15) is 4.79 Å². The molecule has 0 saturated heterocycles. The number of benzene rings is 3. The van der Waals surface area contributed by atoms with Gasteiger partial charge in [-0.15, -0.1) is 0 Å². The maximum atomic E-state index is 13.1. The molecule has 34 heavy (non-hydrogen) atoms. The van der Waals surface area contributed by atoms with E-state index < -0.39 is 5.97 Å². The number of para-hydroxylation sites is 1. The van der Waals surface area contributed by atoms with E-state index in [0.29, 0.717) is 23.4 Å². The minimum Gasteiger partial charge on any atom is -0.489 e. The number of hydrogen-bond acceptors (Lipinski definition) is 5. The first-order chi connectivity index (χ1) is 16.8. The molecular weight excluding hydrogens is 444 g/mol. The SMILES string of the molecule is O=C(Oc1ccc(OCc2ccccc2)cc1)c1oc2ccccc2c1CSC1CCCCC1. The van der Waals surface area contributed by atoms with Crippen LogP contribution >= 0.6 is 11.8 Å². The standard InChI is InChI=1S/C29H28O4S/c30-29(32-23-17-15-22(16-18-23)31-19-21-9-3-1-4-10-21)28-26(20-34-24-11-5-2-6-12-24)25-13-7-8-14-27(25)33-28/h1,3-4,7-10,13-18,24H,2,5-6,11-12,19-20H2. The summed E-state index contributed by atoms with van der Waals surface area (Å²) in [5, 5.41) is 1.64. The van der Waals surface area contributed by atoms with Crippen molar-refractivity contribution in [1.82, 2.24) is 0 Å². The Kier molecular flexibility index (Phi) is 7.20. The summed E-state index contributed by atoms with van der Waals surface area (Å²) < 4.78 is 17.5. The topological polar surface area (TPSA) is 48.7 Å². The number of hydrogen-bond donors (Lipinski definition) is 0. The van der Waals surface area contributed by atoms with Crippen LogP contribution in [0.15, 0.2) is 83.3 Å². The molecule has 1 aliphatic carbocycles. The molecule has 5 rings (SSSR count). The molecule has 0 atom stereocenters. The van der Waals surface area contributed by atoms with Crippen molar-refractivity contribution in [2.75, 3.05) is 0 Å². The lowest BCUT2D eigenvalue weighted by Gasteiger charge is -2.20. The van der Waals surface area contributed by atoms with E-state index in [1.165, 1.54) is 32.1 Å². The average Bonchev–Trinajstić information content (AvgIpc) is 3.27. The first-order valence-electron chi connectivity index (χ1n) is 11.9. The number of ether oxygens (including phenoxy) is 2. The van der Waals surface area contributed by atoms with Crippen LogP contribution in [0.1, 0.15) is 53.8 Å². The van der Waals surface area contributed by atoms with Gasteiger partial charge in [-0.2, -0.15) is 11.8 Å². The molecule has 0 N–H and O–H groups in total. The fraction of sp³-hybridized carbons (Fsp3) is 0.276. The number of carbonyl (C=O) groups is 1. The molecule has 1 saturated carbocycles. The van der Waals surface area contributed by atoms with Crippen LogP contribution in [-0.2, 0) is 12.4 Å². The zero-order chi connectivity index (χ0) is 23.2. The van der Waals surface area contributed by atoms with E-state index in [0.717, 1.165) is 33.6 Å². The van der Waals surface area contributed by atoms with Gasteiger partial charge < -0.3 is 13.9 Å². The van der Waals surface area contributed by atoms with Crippen LogP contribution < -0.4 is 9.47 Å². The first kappa shape index (κ1) is 22.6. The molecule has 4 aromatic rings. The van der Waals surface area contributed by atoms with Crippen LogP contribution in [-0.4, -0.2) is 11.2 Å². The van der Waals surface area contributed by atoms with E-state index in [-0.39, 0.29) is 0 Å². The summed E-state index contributed by atoms with van der Waals surface area (Å²) in [6.45, 7) is 0.487. The highest BCUT2D eigenvalue weighted by molar-refractivity contribution is 7.99. The van der Waals surface area contributed by atoms with Crippen LogP contribution in [0.4, 0.5) is 0 Å². The molecule has 0 spiro atoms. The van der Waals surface area contributed by atoms with Crippen LogP contribution in [0.25, 0.3) is 11.0 Å². The Morgan fingerprint density at radius 3 is 2.35 bits per heavy atom. The highest BCUT2D eigenvalue weighted by Crippen LogP contribution is 2.35. The van der Waals surface area contributed by atoms with E-state index in [2.05, 4.69) is 0 Å². The molecule has 174 valence electrons. The summed E-state index contributed by atoms with van der Waals surface area (Å²) >= 11 is 1.93. The van der Waals surface area contributed by atoms with Gasteiger partial charge in [0.1, 0.15) is 23.7 Å². The summed E-state index contributed by atoms with van der Waals surface area (Å²) in [6.07, 6.45) is 6.42. The van der Waals surface area contributed by atoms with Gasteiger partial charge >= 0.3 is 5.97 Å². The van der Waals surface area contributed by atoms with E-state index in [4.69, 9.17) is 13.9 Å². The third kappa shape index (κ3) is 5.48. The molecule has 1 fully saturated rings. The molecule has 3 aromatic carbocycles. The maximum Gasteiger partial charge on any atom is 0.379 e. The van der Waals surface area contributed by atoms with Crippen molar-refractivity contribution in [2.24, 2.45) is 0 Å². The molecule has 0 unspecified atom stereocenters. The predicted octanol–water partition coefficient (Wildman–Crippen LogP) is 7.80. The van der Waals surface area contributed by atoms with Gasteiger partial charge in [0.2, 0.25) is 5.76 Å². The van der Waals surface area contributed by atoms with Crippen molar-refractivity contribution in [1.29, 1.82) is 0 Å². The van der Waals surface area contributed by atoms with Crippen LogP contribution in [0.5, 0.6) is 11.5 Å². The van der Waals surface area contributed by atoms with Gasteiger partial charge in [0.25, 0.3) is 0 Å². The van der Waals surface area contributed by atoms with Gasteiger partial charge in [-0.3, -0.25) is 0 Å². The first-order valence-corrected chi connectivity index (χ1v) is 12.9. The van der Waals surface area contributed by atoms with Crippen molar-refractivity contribution >= 4 is 28.7 Å². The minimum absolute atomic E-state index is 0.300. The van der Waals surface area contributed by atoms with Crippen LogP contribution in [0.3, 0.4) is 0 Å². The fourth-order valence-corrected chi connectivity index (χ4v) is 5.69. The van der Waals surface area contributed by atoms with Gasteiger partial charge in [-0.1, -0.05) is 67.8 Å². The van der Waals surface area contributed by atoms with E-state index in [1.54, 1.807) is 12.1 Å². The lowest BCUT2D eigenvalue weighted by molar-refractivity contribution is 0.0702. The molecule has 0 bridgehead atoms. The largest absolute Gasteiger partial charge is 0.489 e. The minimum atomic E-state index is -0.464. The smallest absolute Gasteiger partial charge is 0.379 e. The number of furan rings is 1. The average molecular weight is 473 g/mol. The lowest BCUT2D eigenvalue weighted by atomic mass is 10.0. The highest BCUT2D eigenvalue weighted by atomic mass is 32.2. The Labute approximate surface area is 204 Å². The predicted molar refractivity (Wildman–Crippen MR) is 137 cm³/mol. The van der Waals surface area contributed by atoms with E-state index in [1.807, 2.05) is 78.5 Å². The summed E-state index contributed by atoms with van der Waals surface area (Å²) in [4.78, 5) is 13.1. The van der Waals surface area contributed by atoms with Gasteiger partial charge in [-0.25, -0.2) is 4.79 Å². The Balaban J connectivity index is 1.27. The summed E-state index contributed by atoms with van der Waals surface area (Å²) in [6, 6.07) is 24.9. The quantitative estimate of drug-likeness (QED) is 0.193. The van der Waals surface area contributed by atoms with Gasteiger partial charge in [0.05, 0.1) is 0 Å². The molecule has 0 amide bonds. The lowest BCUT2D eigenvalue weighted by Crippen LogP contribution is -2.11. The normalized spacial score (nSPS) is 14.2. The van der Waals surface area contributed by atoms with Crippen molar-refractivity contribution < 1.29 is 18.7 Å². The zero-order valence-electron chi connectivity index (χ0n) is 19.1. The van der Waals surface area contributed by atoms with Crippen molar-refractivity contribution in [3.05, 3.63) is 95.7 Å². The summed E-state index contributed by atoms with van der Waals surface area (Å²) in [7, 11) is 0. The number of carbonyl (C=O) groups excluding carboxylic acids is 1. The third-order valence-corrected chi connectivity index (χ3v) is 7.58. The number of rotatable bonds is 8. The van der Waals surface area contributed by atoms with Crippen LogP contribution in [0, 0.1) is 0 Å². The highest BCUT2D eigenvalue weighted by Gasteiger charge is 2.24. The zero-order valence-corrected chi connectivity index (χ0v) is 19.9. The molecular formula is C29H28O4S. The molecule has 1 heterocycles. The Bertz CT molecular complexity index is 1220. The number of esters is 1. The van der Waals surface area contributed by atoms with Gasteiger partial charge in [0.15, 0.2) is 0 Å². The number of fused-ring (bicyclic) bond motifs is 1. The molecule has 0 aliphatic heterocycles. The summed E-state index contributed by atoms with van der Waals surface area (Å²) in [5.41, 5.74) is 2.75. The Morgan fingerprint density at radius 2 is 1.56 bits per heavy atom. The Morgan fingerprint density at radius 1 is 0.853 bits per heavy atom. The second-order valence-corrected chi connectivity index (χ2v) is 9.90. The van der Waals surface area contributed by atoms with Crippen molar-refractivity contribution in [2.45, 2.75) is 49.7 Å². The molecule has 0 radical (unpaired) electrons. The third-order valence-electron chi connectivity index (χ3n) is 6.18. The fourth-order valence-electron chi connectivity index (χ4n) is 4.34. The van der Waals surface area contributed by atoms with Gasteiger partial charge in [-0.05, 0) is 48.7 Å². The molecule has 1 aromatic heterocycles. The van der Waals surface area contributed by atoms with Crippen LogP contribution in [0.2, 0.25) is 0 Å². The molecule has 4 nitrogen and oxygen atoms in total. The van der Waals surface area contributed by atoms with Gasteiger partial charge in [0, 0.05) is 22.0 Å². The van der Waals surface area contributed by atoms with Crippen molar-refractivity contribution in [3.63, 3.8) is 0 Å². The van der Waals surface area contributed by atoms with E-state index >= 15 is 0 Å². The molecule has 5 heteroatoms. The molecule has 1 aliphatic rings. The summed E-state index contributed by atoms with van der Waals surface area (Å²) in [5.74, 6) is 1.76. The second-order valence-electron chi connectivity index (χ2n) is 8.61. The Hall–Kier alpha value is -3.18. The number of thioether (sulfide) groups is 1.